The summed E-state index contributed by atoms with van der Waals surface area (Å²) in [5, 5.41) is 19.9. The van der Waals surface area contributed by atoms with Crippen LogP contribution in [0.1, 0.15) is 20.3 Å². The van der Waals surface area contributed by atoms with Crippen LogP contribution >= 0.6 is 0 Å². The van der Waals surface area contributed by atoms with Crippen molar-refractivity contribution in [3.05, 3.63) is 28.3 Å². The summed E-state index contributed by atoms with van der Waals surface area (Å²) in [6.07, 6.45) is 0.119. The lowest BCUT2D eigenvalue weighted by molar-refractivity contribution is -0.384. The second kappa shape index (κ2) is 6.48. The zero-order chi connectivity index (χ0) is 14.4. The third-order valence-corrected chi connectivity index (χ3v) is 2.19. The highest BCUT2D eigenvalue weighted by Crippen LogP contribution is 2.37. The van der Waals surface area contributed by atoms with E-state index in [9.17, 15) is 14.9 Å². The van der Waals surface area contributed by atoms with E-state index in [-0.39, 0.29) is 18.1 Å². The van der Waals surface area contributed by atoms with Gasteiger partial charge in [-0.1, -0.05) is 0 Å². The molecule has 2 aliphatic heterocycles. The third kappa shape index (κ3) is 4.38. The summed E-state index contributed by atoms with van der Waals surface area (Å²) in [5.41, 5.74) is 2.05. The van der Waals surface area contributed by atoms with E-state index in [0.717, 1.165) is 5.69 Å². The number of anilines is 2. The molecule has 2 aliphatic rings. The number of carbonyl (C=O) groups is 1. The number of ether oxygens (including phenoxy) is 1. The number of nitrogens with zero attached hydrogens (tertiary/aromatic N) is 1. The van der Waals surface area contributed by atoms with E-state index in [4.69, 9.17) is 5.41 Å². The van der Waals surface area contributed by atoms with Gasteiger partial charge in [0.15, 0.2) is 0 Å². The number of esters is 1. The number of benzene rings is 1. The van der Waals surface area contributed by atoms with Gasteiger partial charge in [-0.3, -0.25) is 14.9 Å². The predicted molar refractivity (Wildman–Crippen MR) is 71.0 cm³/mol. The summed E-state index contributed by atoms with van der Waals surface area (Å²) in [6, 6.07) is 4.93. The van der Waals surface area contributed by atoms with Crippen molar-refractivity contribution in [3.8, 4) is 0 Å². The van der Waals surface area contributed by atoms with Crippen molar-refractivity contribution >= 4 is 28.7 Å². The number of fused-ring (bicyclic) bond motifs is 2. The van der Waals surface area contributed by atoms with Gasteiger partial charge in [0.25, 0.3) is 5.69 Å². The SMILES string of the molecule is CCOC(=O)CC(C)=N.O=[N+]([O-])c1ccc2cc1N2. The van der Waals surface area contributed by atoms with Crippen molar-refractivity contribution in [2.24, 2.45) is 0 Å². The molecule has 2 bridgehead atoms. The Bertz CT molecular complexity index is 510. The molecule has 0 spiro atoms. The molecule has 1 aromatic rings. The number of carbonyl (C=O) groups excluding carboxylic acids is 1. The Morgan fingerprint density at radius 3 is 2.47 bits per heavy atom. The molecular formula is C12H15N3O4. The van der Waals surface area contributed by atoms with Gasteiger partial charge in [-0.2, -0.15) is 0 Å². The van der Waals surface area contributed by atoms with Gasteiger partial charge in [0, 0.05) is 17.5 Å². The minimum atomic E-state index is -0.398. The molecule has 0 unspecified atom stereocenters. The van der Waals surface area contributed by atoms with Crippen LogP contribution in [0.15, 0.2) is 18.2 Å². The molecule has 102 valence electrons. The summed E-state index contributed by atoms with van der Waals surface area (Å²) >= 11 is 0. The Labute approximate surface area is 110 Å². The Morgan fingerprint density at radius 1 is 1.53 bits per heavy atom. The highest BCUT2D eigenvalue weighted by atomic mass is 16.6. The van der Waals surface area contributed by atoms with Gasteiger partial charge in [0.1, 0.15) is 5.69 Å². The minimum Gasteiger partial charge on any atom is -0.466 e. The first-order valence-corrected chi connectivity index (χ1v) is 5.69. The van der Waals surface area contributed by atoms with Crippen LogP contribution in [0.2, 0.25) is 0 Å². The smallest absolute Gasteiger partial charge is 0.311 e. The lowest BCUT2D eigenvalue weighted by Crippen LogP contribution is -2.07. The van der Waals surface area contributed by atoms with Crippen LogP contribution < -0.4 is 5.32 Å². The molecule has 0 saturated carbocycles. The molecule has 0 radical (unpaired) electrons. The first kappa shape index (κ1) is 14.6. The fourth-order valence-electron chi connectivity index (χ4n) is 1.38. The summed E-state index contributed by atoms with van der Waals surface area (Å²) in [5.74, 6) is -0.315. The highest BCUT2D eigenvalue weighted by Gasteiger charge is 2.20. The van der Waals surface area contributed by atoms with Gasteiger partial charge in [-0.25, -0.2) is 0 Å². The van der Waals surface area contributed by atoms with E-state index in [0.29, 0.717) is 18.0 Å². The molecule has 1 aromatic carbocycles. The Hall–Kier alpha value is -2.44. The summed E-state index contributed by atoms with van der Waals surface area (Å²) in [6.45, 7) is 3.72. The molecule has 2 N–H and O–H groups in total. The first-order valence-electron chi connectivity index (χ1n) is 5.69. The Kier molecular flexibility index (Phi) is 4.99. The second-order valence-electron chi connectivity index (χ2n) is 3.88. The monoisotopic (exact) mass is 265 g/mol. The van der Waals surface area contributed by atoms with Crippen LogP contribution in [0.3, 0.4) is 0 Å². The number of hydrogen-bond donors (Lipinski definition) is 2. The highest BCUT2D eigenvalue weighted by molar-refractivity contribution is 5.95. The minimum absolute atomic E-state index is 0.119. The second-order valence-corrected chi connectivity index (χ2v) is 3.88. The van der Waals surface area contributed by atoms with Crippen molar-refractivity contribution in [1.82, 2.24) is 0 Å². The van der Waals surface area contributed by atoms with Crippen molar-refractivity contribution in [2.75, 3.05) is 11.9 Å². The number of hydrogen-bond acceptors (Lipinski definition) is 6. The van der Waals surface area contributed by atoms with Crippen LogP contribution in [-0.2, 0) is 9.53 Å². The molecule has 0 fully saturated rings. The van der Waals surface area contributed by atoms with Gasteiger partial charge in [0.2, 0.25) is 0 Å². The normalized spacial score (nSPS) is 10.2. The molecule has 7 nitrogen and oxygen atoms in total. The van der Waals surface area contributed by atoms with Gasteiger partial charge in [0.05, 0.1) is 18.0 Å². The van der Waals surface area contributed by atoms with Crippen LogP contribution in [0, 0.1) is 15.5 Å². The fourth-order valence-corrected chi connectivity index (χ4v) is 1.38. The molecule has 19 heavy (non-hydrogen) atoms. The van der Waals surface area contributed by atoms with Gasteiger partial charge in [-0.05, 0) is 26.0 Å². The van der Waals surface area contributed by atoms with Gasteiger partial charge < -0.3 is 15.5 Å². The number of nitro groups is 1. The van der Waals surface area contributed by atoms with E-state index >= 15 is 0 Å². The number of nitrogens with one attached hydrogen (secondary N) is 2. The largest absolute Gasteiger partial charge is 0.466 e. The average Bonchev–Trinajstić information content (AvgIpc) is 2.28. The van der Waals surface area contributed by atoms with Crippen LogP contribution in [0.4, 0.5) is 17.1 Å². The van der Waals surface area contributed by atoms with Crippen molar-refractivity contribution in [2.45, 2.75) is 20.3 Å². The third-order valence-electron chi connectivity index (χ3n) is 2.19. The average molecular weight is 265 g/mol. The molecule has 0 atom stereocenters. The Morgan fingerprint density at radius 2 is 2.16 bits per heavy atom. The zero-order valence-electron chi connectivity index (χ0n) is 10.7. The van der Waals surface area contributed by atoms with Crippen molar-refractivity contribution < 1.29 is 14.5 Å². The molecular weight excluding hydrogens is 250 g/mol. The summed E-state index contributed by atoms with van der Waals surface area (Å²) in [7, 11) is 0. The summed E-state index contributed by atoms with van der Waals surface area (Å²) in [4.78, 5) is 20.3. The van der Waals surface area contributed by atoms with Crippen LogP contribution in [0.25, 0.3) is 0 Å². The van der Waals surface area contributed by atoms with E-state index in [1.165, 1.54) is 6.07 Å². The van der Waals surface area contributed by atoms with Crippen LogP contribution in [0.5, 0.6) is 0 Å². The molecule has 3 rings (SSSR count). The molecule has 0 amide bonds. The van der Waals surface area contributed by atoms with E-state index < -0.39 is 4.92 Å². The van der Waals surface area contributed by atoms with Crippen molar-refractivity contribution in [3.63, 3.8) is 0 Å². The standard InChI is InChI=1S/C6H4N2O2.C6H11NO2/c9-8(10)6-2-1-4-3-5(6)7-4;1-3-9-6(8)4-5(2)7/h1-3,7H;7H,3-4H2,1-2H3. The van der Waals surface area contributed by atoms with E-state index in [1.54, 1.807) is 26.0 Å². The molecule has 7 heteroatoms. The van der Waals surface area contributed by atoms with Crippen LogP contribution in [-0.4, -0.2) is 23.2 Å². The fraction of sp³-hybridized carbons (Fsp3) is 0.333. The molecule has 2 heterocycles. The predicted octanol–water partition coefficient (Wildman–Crippen LogP) is 2.63. The number of rotatable bonds is 4. The van der Waals surface area contributed by atoms with E-state index in [2.05, 4.69) is 10.1 Å². The lowest BCUT2D eigenvalue weighted by atomic mass is 10.1. The van der Waals surface area contributed by atoms with Gasteiger partial charge in [-0.15, -0.1) is 0 Å². The molecule has 0 aliphatic carbocycles. The van der Waals surface area contributed by atoms with Crippen molar-refractivity contribution in [1.29, 1.82) is 5.41 Å². The quantitative estimate of drug-likeness (QED) is 0.382. The maximum atomic E-state index is 10.5. The van der Waals surface area contributed by atoms with E-state index in [1.807, 2.05) is 0 Å². The topological polar surface area (TPSA) is 105 Å². The Balaban J connectivity index is 0.000000192. The zero-order valence-corrected chi connectivity index (χ0v) is 10.7. The maximum Gasteiger partial charge on any atom is 0.311 e. The summed E-state index contributed by atoms with van der Waals surface area (Å²) < 4.78 is 4.57. The van der Waals surface area contributed by atoms with Gasteiger partial charge >= 0.3 is 5.97 Å². The first-order chi connectivity index (χ1) is 8.93. The number of nitro benzene ring substituents is 1. The maximum absolute atomic E-state index is 10.5. The molecule has 0 saturated heterocycles. The molecule has 0 aromatic heterocycles. The lowest BCUT2D eigenvalue weighted by Gasteiger charge is -2.16.